The molecule has 0 saturated carbocycles. The molecule has 150 valence electrons. The fourth-order valence-electron chi connectivity index (χ4n) is 2.71. The Hall–Kier alpha value is -3.19. The van der Waals surface area contributed by atoms with Gasteiger partial charge in [-0.05, 0) is 43.3 Å². The van der Waals surface area contributed by atoms with Gasteiger partial charge in [0.1, 0.15) is 27.9 Å². The predicted octanol–water partition coefficient (Wildman–Crippen LogP) is 4.90. The van der Waals surface area contributed by atoms with E-state index in [1.165, 1.54) is 11.8 Å². The Balaban J connectivity index is 2.08. The fraction of sp³-hybridized carbons (Fsp3) is 0.182. The van der Waals surface area contributed by atoms with Gasteiger partial charge in [-0.2, -0.15) is 0 Å². The van der Waals surface area contributed by atoms with Crippen LogP contribution in [0.3, 0.4) is 0 Å². The average Bonchev–Trinajstić information content (AvgIpc) is 3.03. The van der Waals surface area contributed by atoms with Crippen molar-refractivity contribution in [1.82, 2.24) is 0 Å². The van der Waals surface area contributed by atoms with E-state index in [1.54, 1.807) is 45.4 Å². The highest BCUT2D eigenvalue weighted by Gasteiger charge is 2.33. The van der Waals surface area contributed by atoms with Crippen molar-refractivity contribution in [3.63, 3.8) is 0 Å². The molecule has 0 radical (unpaired) electrons. The summed E-state index contributed by atoms with van der Waals surface area (Å²) in [5, 5.41) is 11.2. The van der Waals surface area contributed by atoms with Gasteiger partial charge in [0.15, 0.2) is 0 Å². The number of aliphatic imine (C=N–C) groups is 1. The summed E-state index contributed by atoms with van der Waals surface area (Å²) in [4.78, 5) is 17.5. The maximum absolute atomic E-state index is 12.5. The number of aliphatic hydroxyl groups is 1. The van der Waals surface area contributed by atoms with Crippen molar-refractivity contribution < 1.29 is 24.1 Å². The molecule has 0 fully saturated rings. The van der Waals surface area contributed by atoms with Gasteiger partial charge >= 0.3 is 5.97 Å². The molecule has 29 heavy (non-hydrogen) atoms. The highest BCUT2D eigenvalue weighted by Crippen LogP contribution is 2.41. The van der Waals surface area contributed by atoms with Gasteiger partial charge in [-0.3, -0.25) is 0 Å². The van der Waals surface area contributed by atoms with E-state index >= 15 is 0 Å². The highest BCUT2D eigenvalue weighted by atomic mass is 32.2. The summed E-state index contributed by atoms with van der Waals surface area (Å²) in [5.74, 6) is 0.465. The molecule has 2 aromatic carbocycles. The summed E-state index contributed by atoms with van der Waals surface area (Å²) in [5.41, 5.74) is 1.42. The number of carbonyl (C=O) groups is 1. The first-order chi connectivity index (χ1) is 14.1. The van der Waals surface area contributed by atoms with E-state index in [0.717, 1.165) is 0 Å². The van der Waals surface area contributed by atoms with E-state index in [-0.39, 0.29) is 17.9 Å². The van der Waals surface area contributed by atoms with Crippen LogP contribution in [0.15, 0.2) is 69.8 Å². The number of para-hydroxylation sites is 1. The molecule has 1 aliphatic heterocycles. The minimum absolute atomic E-state index is 0.0498. The minimum Gasteiger partial charge on any atom is -0.506 e. The highest BCUT2D eigenvalue weighted by molar-refractivity contribution is 8.18. The third kappa shape index (κ3) is 4.63. The van der Waals surface area contributed by atoms with Gasteiger partial charge in [-0.1, -0.05) is 30.0 Å². The number of methoxy groups -OCH3 is 2. The summed E-state index contributed by atoms with van der Waals surface area (Å²) >= 11 is 1.19. The lowest BCUT2D eigenvalue weighted by Crippen LogP contribution is -2.12. The van der Waals surface area contributed by atoms with Gasteiger partial charge in [0.2, 0.25) is 0 Å². The Morgan fingerprint density at radius 2 is 1.90 bits per heavy atom. The Labute approximate surface area is 173 Å². The lowest BCUT2D eigenvalue weighted by molar-refractivity contribution is -0.138. The monoisotopic (exact) mass is 411 g/mol. The molecule has 6 nitrogen and oxygen atoms in total. The van der Waals surface area contributed by atoms with Crippen molar-refractivity contribution in [2.75, 3.05) is 20.8 Å². The molecule has 1 aliphatic rings. The summed E-state index contributed by atoms with van der Waals surface area (Å²) in [6.45, 7) is 1.91. The van der Waals surface area contributed by atoms with Gasteiger partial charge in [-0.25, -0.2) is 9.79 Å². The van der Waals surface area contributed by atoms with E-state index in [4.69, 9.17) is 14.2 Å². The summed E-state index contributed by atoms with van der Waals surface area (Å²) in [7, 11) is 3.14. The standard InChI is InChI=1S/C22H21NO5S/c1-4-28-22(25)19-20(24)18(29-21(19)23-15-8-6-5-7-9-15)13-14-12-16(26-2)10-11-17(14)27-3/h5-13,24H,4H2,1-3H3. The van der Waals surface area contributed by atoms with Crippen LogP contribution in [-0.2, 0) is 9.53 Å². The maximum atomic E-state index is 12.5. The number of ether oxygens (including phenoxy) is 3. The van der Waals surface area contributed by atoms with Crippen molar-refractivity contribution in [3.05, 3.63) is 70.3 Å². The van der Waals surface area contributed by atoms with Gasteiger partial charge in [0.25, 0.3) is 0 Å². The molecule has 1 heterocycles. The molecule has 7 heteroatoms. The molecular formula is C22H21NO5S. The summed E-state index contributed by atoms with van der Waals surface area (Å²) in [6, 6.07) is 14.6. The van der Waals surface area contributed by atoms with E-state index in [1.807, 2.05) is 30.3 Å². The average molecular weight is 411 g/mol. The Morgan fingerprint density at radius 3 is 2.55 bits per heavy atom. The molecule has 1 N–H and O–H groups in total. The third-order valence-corrected chi connectivity index (χ3v) is 5.10. The van der Waals surface area contributed by atoms with Crippen LogP contribution in [-0.4, -0.2) is 36.9 Å². The van der Waals surface area contributed by atoms with Gasteiger partial charge < -0.3 is 19.3 Å². The maximum Gasteiger partial charge on any atom is 0.344 e. The minimum atomic E-state index is -0.617. The molecule has 0 aromatic heterocycles. The number of esters is 1. The topological polar surface area (TPSA) is 77.4 Å². The van der Waals surface area contributed by atoms with Crippen molar-refractivity contribution in [2.45, 2.75) is 6.92 Å². The fourth-order valence-corrected chi connectivity index (χ4v) is 3.73. The Kier molecular flexibility index (Phi) is 6.61. The number of rotatable bonds is 6. The van der Waals surface area contributed by atoms with Crippen molar-refractivity contribution in [1.29, 1.82) is 0 Å². The van der Waals surface area contributed by atoms with E-state index < -0.39 is 5.97 Å². The molecule has 3 rings (SSSR count). The number of carbonyl (C=O) groups excluding carboxylic acids is 1. The van der Waals surface area contributed by atoms with Crippen LogP contribution in [0.5, 0.6) is 11.5 Å². The van der Waals surface area contributed by atoms with Crippen LogP contribution >= 0.6 is 11.8 Å². The second kappa shape index (κ2) is 9.34. The SMILES string of the molecule is CCOC(=O)C1=C(O)C(=Cc2cc(OC)ccc2OC)SC1=Nc1ccccc1. The largest absolute Gasteiger partial charge is 0.506 e. The zero-order chi connectivity index (χ0) is 20.8. The van der Waals surface area contributed by atoms with Gasteiger partial charge in [0.05, 0.1) is 31.4 Å². The van der Waals surface area contributed by atoms with E-state index in [0.29, 0.717) is 32.7 Å². The lowest BCUT2D eigenvalue weighted by atomic mass is 10.1. The number of hydrogen-bond donors (Lipinski definition) is 1. The van der Waals surface area contributed by atoms with Crippen molar-refractivity contribution in [2.24, 2.45) is 4.99 Å². The molecule has 0 aliphatic carbocycles. The zero-order valence-electron chi connectivity index (χ0n) is 16.3. The first kappa shape index (κ1) is 20.5. The molecule has 0 atom stereocenters. The number of nitrogens with zero attached hydrogens (tertiary/aromatic N) is 1. The van der Waals surface area contributed by atoms with Crippen LogP contribution in [0.2, 0.25) is 0 Å². The summed E-state index contributed by atoms with van der Waals surface area (Å²) < 4.78 is 15.8. The van der Waals surface area contributed by atoms with Crippen molar-refractivity contribution >= 4 is 34.5 Å². The van der Waals surface area contributed by atoms with Crippen LogP contribution in [0, 0.1) is 0 Å². The molecule has 0 saturated heterocycles. The summed E-state index contributed by atoms with van der Waals surface area (Å²) in [6.07, 6.45) is 1.73. The zero-order valence-corrected chi connectivity index (χ0v) is 17.2. The lowest BCUT2D eigenvalue weighted by Gasteiger charge is -2.08. The van der Waals surface area contributed by atoms with Crippen LogP contribution < -0.4 is 9.47 Å². The Bertz CT molecular complexity index is 996. The van der Waals surface area contributed by atoms with Crippen molar-refractivity contribution in [3.8, 4) is 11.5 Å². The van der Waals surface area contributed by atoms with Gasteiger partial charge in [0, 0.05) is 5.56 Å². The van der Waals surface area contributed by atoms with Crippen LogP contribution in [0.25, 0.3) is 6.08 Å². The smallest absolute Gasteiger partial charge is 0.344 e. The molecule has 2 aromatic rings. The third-order valence-electron chi connectivity index (χ3n) is 4.08. The number of thioether (sulfide) groups is 1. The first-order valence-corrected chi connectivity index (χ1v) is 9.75. The number of aliphatic hydroxyl groups excluding tert-OH is 1. The quantitative estimate of drug-likeness (QED) is 0.682. The molecule has 0 amide bonds. The predicted molar refractivity (Wildman–Crippen MR) is 115 cm³/mol. The van der Waals surface area contributed by atoms with E-state index in [9.17, 15) is 9.90 Å². The number of benzene rings is 2. The molecular weight excluding hydrogens is 390 g/mol. The van der Waals surface area contributed by atoms with Crippen LogP contribution in [0.4, 0.5) is 5.69 Å². The normalized spacial score (nSPS) is 16.4. The van der Waals surface area contributed by atoms with E-state index in [2.05, 4.69) is 4.99 Å². The van der Waals surface area contributed by atoms with Gasteiger partial charge in [-0.15, -0.1) is 0 Å². The molecule has 0 spiro atoms. The second-order valence-corrected chi connectivity index (χ2v) is 6.95. The molecule has 0 unspecified atom stereocenters. The van der Waals surface area contributed by atoms with Crippen LogP contribution in [0.1, 0.15) is 12.5 Å². The Morgan fingerprint density at radius 1 is 1.14 bits per heavy atom. The first-order valence-electron chi connectivity index (χ1n) is 8.93. The molecule has 0 bridgehead atoms. The second-order valence-electron chi connectivity index (χ2n) is 5.92. The number of hydrogen-bond acceptors (Lipinski definition) is 7.